The Morgan fingerprint density at radius 2 is 2.00 bits per heavy atom. The molecule has 3 heterocycles. The van der Waals surface area contributed by atoms with Crippen molar-refractivity contribution < 1.29 is 32.2 Å². The van der Waals surface area contributed by atoms with Crippen molar-refractivity contribution >= 4 is 23.5 Å². The van der Waals surface area contributed by atoms with Crippen LogP contribution in [-0.4, -0.2) is 78.9 Å². The fourth-order valence-electron chi connectivity index (χ4n) is 5.39. The summed E-state index contributed by atoms with van der Waals surface area (Å²) in [6.07, 6.45) is 6.09. The van der Waals surface area contributed by atoms with Crippen LogP contribution in [0, 0.1) is 6.92 Å². The molecule has 2 aliphatic rings. The lowest BCUT2D eigenvalue weighted by Gasteiger charge is -2.31. The second-order valence-electron chi connectivity index (χ2n) is 11.0. The lowest BCUT2D eigenvalue weighted by molar-refractivity contribution is -0.0442. The second kappa shape index (κ2) is 15.8. The van der Waals surface area contributed by atoms with Crippen LogP contribution >= 0.6 is 11.8 Å². The summed E-state index contributed by atoms with van der Waals surface area (Å²) < 4.78 is 55.2. The van der Waals surface area contributed by atoms with Gasteiger partial charge >= 0.3 is 5.51 Å². The van der Waals surface area contributed by atoms with Crippen molar-refractivity contribution in [2.75, 3.05) is 45.8 Å². The Morgan fingerprint density at radius 1 is 1.23 bits per heavy atom. The van der Waals surface area contributed by atoms with Crippen molar-refractivity contribution in [2.45, 2.75) is 81.0 Å². The van der Waals surface area contributed by atoms with Crippen LogP contribution in [0.25, 0.3) is 0 Å². The molecule has 1 aromatic heterocycles. The number of amides is 1. The topological polar surface area (TPSA) is 97.8 Å². The van der Waals surface area contributed by atoms with Gasteiger partial charge in [0.05, 0.1) is 31.6 Å². The maximum absolute atomic E-state index is 13.4. The van der Waals surface area contributed by atoms with Gasteiger partial charge in [-0.2, -0.15) is 13.2 Å². The van der Waals surface area contributed by atoms with E-state index in [2.05, 4.69) is 27.5 Å². The molecular weight excluding hydrogens is 595 g/mol. The molecule has 0 bridgehead atoms. The van der Waals surface area contributed by atoms with E-state index in [1.165, 1.54) is 18.5 Å². The van der Waals surface area contributed by atoms with Crippen LogP contribution in [-0.2, 0) is 14.2 Å². The van der Waals surface area contributed by atoms with Gasteiger partial charge in [0, 0.05) is 43.1 Å². The molecule has 1 unspecified atom stereocenters. The van der Waals surface area contributed by atoms with E-state index in [1.54, 1.807) is 31.2 Å². The predicted octanol–water partition coefficient (Wildman–Crippen LogP) is 6.23. The summed E-state index contributed by atoms with van der Waals surface area (Å²) in [4.78, 5) is 23.9. The molecule has 1 aromatic carbocycles. The number of benzene rings is 1. The lowest BCUT2D eigenvalue weighted by Crippen LogP contribution is -2.37. The molecule has 3 atom stereocenters. The standard InChI is InChI=1S/C31H42F3N5O4S/c1-5-22(38-25-14-16-42-18-27(25)41-4)13-15-39(3)30(40)28-20(2)29(37-19-36-28)35-17-23-7-6-8-26(43-23)21-9-11-24(12-10-21)44-31(32,33)34/h9-12,19,22-23,26,38H,5-8,13-18H2,1-4H3,(H,35,36,37)/t22?,23-,26+/m1/s1. The molecule has 1 fully saturated rings. The Bertz CT molecular complexity index is 1280. The number of methoxy groups -OCH3 is 1. The summed E-state index contributed by atoms with van der Waals surface area (Å²) in [7, 11) is 3.43. The third-order valence-electron chi connectivity index (χ3n) is 7.96. The minimum atomic E-state index is -4.31. The summed E-state index contributed by atoms with van der Waals surface area (Å²) >= 11 is -0.122. The maximum Gasteiger partial charge on any atom is 0.446 e. The number of carbonyl (C=O) groups is 1. The van der Waals surface area contributed by atoms with Gasteiger partial charge in [-0.1, -0.05) is 19.1 Å². The number of thioether (sulfide) groups is 1. The highest BCUT2D eigenvalue weighted by Gasteiger charge is 2.30. The molecule has 2 N–H and O–H groups in total. The molecule has 4 rings (SSSR count). The van der Waals surface area contributed by atoms with E-state index < -0.39 is 5.51 Å². The molecule has 13 heteroatoms. The number of anilines is 1. The van der Waals surface area contributed by atoms with Gasteiger partial charge in [0.15, 0.2) is 0 Å². The van der Waals surface area contributed by atoms with Crippen LogP contribution in [0.2, 0.25) is 0 Å². The largest absolute Gasteiger partial charge is 0.497 e. The molecule has 0 spiro atoms. The van der Waals surface area contributed by atoms with E-state index in [9.17, 15) is 18.0 Å². The smallest absolute Gasteiger partial charge is 0.446 e. The van der Waals surface area contributed by atoms with Crippen LogP contribution in [0.3, 0.4) is 0 Å². The molecule has 242 valence electrons. The van der Waals surface area contributed by atoms with E-state index in [4.69, 9.17) is 14.2 Å². The van der Waals surface area contributed by atoms with Crippen LogP contribution in [0.4, 0.5) is 19.0 Å². The number of halogens is 3. The Labute approximate surface area is 261 Å². The first-order valence-electron chi connectivity index (χ1n) is 15.0. The quantitative estimate of drug-likeness (QED) is 0.248. The molecule has 44 heavy (non-hydrogen) atoms. The van der Waals surface area contributed by atoms with Crippen molar-refractivity contribution in [1.82, 2.24) is 20.2 Å². The van der Waals surface area contributed by atoms with E-state index in [0.29, 0.717) is 43.4 Å². The molecule has 0 radical (unpaired) electrons. The number of rotatable bonds is 13. The van der Waals surface area contributed by atoms with Gasteiger partial charge in [0.1, 0.15) is 30.2 Å². The third-order valence-corrected chi connectivity index (χ3v) is 8.70. The van der Waals surface area contributed by atoms with E-state index in [-0.39, 0.29) is 40.8 Å². The van der Waals surface area contributed by atoms with Crippen LogP contribution in [0.15, 0.2) is 46.9 Å². The first-order chi connectivity index (χ1) is 21.1. The van der Waals surface area contributed by atoms with Crippen molar-refractivity contribution in [3.8, 4) is 0 Å². The van der Waals surface area contributed by atoms with Crippen LogP contribution < -0.4 is 10.6 Å². The van der Waals surface area contributed by atoms with E-state index >= 15 is 0 Å². The number of hydrogen-bond acceptors (Lipinski definition) is 9. The number of hydrogen-bond donors (Lipinski definition) is 2. The summed E-state index contributed by atoms with van der Waals surface area (Å²) in [6.45, 7) is 6.09. The first kappa shape index (κ1) is 33.9. The molecule has 0 aliphatic carbocycles. The van der Waals surface area contributed by atoms with Crippen molar-refractivity contribution in [1.29, 1.82) is 0 Å². The summed E-state index contributed by atoms with van der Waals surface area (Å²) in [5, 5.41) is 6.91. The highest BCUT2D eigenvalue weighted by molar-refractivity contribution is 8.00. The third kappa shape index (κ3) is 9.48. The van der Waals surface area contributed by atoms with Crippen LogP contribution in [0.1, 0.15) is 73.2 Å². The van der Waals surface area contributed by atoms with Gasteiger partial charge in [-0.3, -0.25) is 4.79 Å². The molecule has 2 aromatic rings. The minimum Gasteiger partial charge on any atom is -0.497 e. The summed E-state index contributed by atoms with van der Waals surface area (Å²) in [5.41, 5.74) is -1.38. The zero-order valence-corrected chi connectivity index (χ0v) is 26.5. The van der Waals surface area contributed by atoms with Crippen molar-refractivity contribution in [3.05, 3.63) is 58.9 Å². The Morgan fingerprint density at radius 3 is 2.70 bits per heavy atom. The van der Waals surface area contributed by atoms with E-state index in [1.807, 2.05) is 6.92 Å². The maximum atomic E-state index is 13.4. The normalized spacial score (nSPS) is 19.8. The van der Waals surface area contributed by atoms with Crippen LogP contribution in [0.5, 0.6) is 0 Å². The molecule has 1 saturated heterocycles. The molecule has 9 nitrogen and oxygen atoms in total. The van der Waals surface area contributed by atoms with Gasteiger partial charge < -0.3 is 29.7 Å². The first-order valence-corrected chi connectivity index (χ1v) is 15.8. The number of aromatic nitrogens is 2. The van der Waals surface area contributed by atoms with Crippen molar-refractivity contribution in [3.63, 3.8) is 0 Å². The molecule has 2 aliphatic heterocycles. The summed E-state index contributed by atoms with van der Waals surface area (Å²) in [6, 6.07) is 6.56. The monoisotopic (exact) mass is 637 g/mol. The van der Waals surface area contributed by atoms with Gasteiger partial charge in [-0.05, 0) is 68.5 Å². The van der Waals surface area contributed by atoms with E-state index in [0.717, 1.165) is 55.5 Å². The SMILES string of the molecule is CCC(CCN(C)C(=O)c1ncnc(NC[C@H]2CCC[C@@H](c3ccc(SC(F)(F)F)cc3)O2)c1C)NC1=C(OC)COCC1. The second-order valence-corrected chi connectivity index (χ2v) is 12.2. The highest BCUT2D eigenvalue weighted by atomic mass is 32.2. The zero-order valence-electron chi connectivity index (χ0n) is 25.7. The van der Waals surface area contributed by atoms with Gasteiger partial charge in [-0.25, -0.2) is 9.97 Å². The van der Waals surface area contributed by atoms with Gasteiger partial charge in [0.2, 0.25) is 0 Å². The minimum absolute atomic E-state index is 0.114. The Balaban J connectivity index is 1.30. The fourth-order valence-corrected chi connectivity index (χ4v) is 5.93. The Kier molecular flexibility index (Phi) is 12.2. The van der Waals surface area contributed by atoms with Gasteiger partial charge in [-0.15, -0.1) is 0 Å². The summed E-state index contributed by atoms with van der Waals surface area (Å²) in [5.74, 6) is 1.22. The average Bonchev–Trinajstić information content (AvgIpc) is 3.02. The highest BCUT2D eigenvalue weighted by Crippen LogP contribution is 2.38. The Hall–Kier alpha value is -3.03. The number of carbonyl (C=O) groups excluding carboxylic acids is 1. The number of nitrogens with zero attached hydrogens (tertiary/aromatic N) is 3. The number of nitrogens with one attached hydrogen (secondary N) is 2. The molecule has 0 saturated carbocycles. The van der Waals surface area contributed by atoms with Gasteiger partial charge in [0.25, 0.3) is 5.91 Å². The molecular formula is C31H42F3N5O4S. The lowest BCUT2D eigenvalue weighted by atomic mass is 9.98. The fraction of sp³-hybridized carbons (Fsp3) is 0.581. The van der Waals surface area contributed by atoms with Crippen molar-refractivity contribution in [2.24, 2.45) is 0 Å². The predicted molar refractivity (Wildman–Crippen MR) is 163 cm³/mol. The average molecular weight is 638 g/mol. The zero-order chi connectivity index (χ0) is 31.7. The number of ether oxygens (including phenoxy) is 3. The number of alkyl halides is 3. The molecule has 1 amide bonds.